The van der Waals surface area contributed by atoms with Crippen LogP contribution in [0.15, 0.2) is 29.4 Å². The molecule has 5 nitrogen and oxygen atoms in total. The van der Waals surface area contributed by atoms with E-state index in [1.807, 2.05) is 6.92 Å². The van der Waals surface area contributed by atoms with Crippen molar-refractivity contribution in [3.8, 4) is 5.75 Å². The smallest absolute Gasteiger partial charge is 0.265 e. The molecule has 2 aromatic rings. The highest BCUT2D eigenvalue weighted by atomic mass is 35.7. The summed E-state index contributed by atoms with van der Waals surface area (Å²) in [5, 5.41) is 0. The van der Waals surface area contributed by atoms with Gasteiger partial charge < -0.3 is 9.30 Å². The highest BCUT2D eigenvalue weighted by Crippen LogP contribution is 2.31. The van der Waals surface area contributed by atoms with Crippen molar-refractivity contribution in [2.24, 2.45) is 0 Å². The van der Waals surface area contributed by atoms with Crippen molar-refractivity contribution in [3.05, 3.63) is 42.0 Å². The van der Waals surface area contributed by atoms with E-state index in [-0.39, 0.29) is 6.61 Å². The second-order valence-electron chi connectivity index (χ2n) is 4.07. The van der Waals surface area contributed by atoms with E-state index < -0.39 is 31.3 Å². The number of ether oxygens (including phenoxy) is 1. The summed E-state index contributed by atoms with van der Waals surface area (Å²) in [6.45, 7) is 2.31. The molecule has 0 aliphatic carbocycles. The molecule has 0 radical (unpaired) electrons. The summed E-state index contributed by atoms with van der Waals surface area (Å²) in [4.78, 5) is 3.25. The second kappa shape index (κ2) is 5.98. The highest BCUT2D eigenvalue weighted by molar-refractivity contribution is 8.13. The Morgan fingerprint density at radius 3 is 2.71 bits per heavy atom. The van der Waals surface area contributed by atoms with Gasteiger partial charge in [0.1, 0.15) is 23.1 Å². The molecule has 1 aromatic heterocycles. The van der Waals surface area contributed by atoms with Crippen molar-refractivity contribution >= 4 is 19.7 Å². The van der Waals surface area contributed by atoms with Gasteiger partial charge in [0.05, 0.1) is 0 Å². The quantitative estimate of drug-likeness (QED) is 0.788. The fraction of sp³-hybridized carbons (Fsp3) is 0.250. The maximum atomic E-state index is 13.7. The normalized spacial score (nSPS) is 11.6. The maximum absolute atomic E-state index is 13.7. The summed E-state index contributed by atoms with van der Waals surface area (Å²) < 4.78 is 56.5. The lowest BCUT2D eigenvalue weighted by Gasteiger charge is -2.11. The van der Waals surface area contributed by atoms with Crippen LogP contribution in [-0.2, 0) is 22.2 Å². The first-order chi connectivity index (χ1) is 9.82. The Kier molecular flexibility index (Phi) is 4.48. The molecule has 0 spiro atoms. The van der Waals surface area contributed by atoms with E-state index in [2.05, 4.69) is 4.98 Å². The van der Waals surface area contributed by atoms with Gasteiger partial charge in [0.2, 0.25) is 0 Å². The molecule has 0 fully saturated rings. The van der Waals surface area contributed by atoms with Crippen molar-refractivity contribution < 1.29 is 21.9 Å². The van der Waals surface area contributed by atoms with Crippen LogP contribution < -0.4 is 4.74 Å². The first-order valence-electron chi connectivity index (χ1n) is 5.89. The number of benzene rings is 1. The molecule has 0 saturated carbocycles. The Hall–Kier alpha value is -1.67. The van der Waals surface area contributed by atoms with E-state index in [1.165, 1.54) is 6.20 Å². The van der Waals surface area contributed by atoms with Gasteiger partial charge in [0.15, 0.2) is 11.6 Å². The van der Waals surface area contributed by atoms with Crippen LogP contribution in [0.4, 0.5) is 8.78 Å². The van der Waals surface area contributed by atoms with Gasteiger partial charge in [0, 0.05) is 35.7 Å². The highest BCUT2D eigenvalue weighted by Gasteiger charge is 2.23. The van der Waals surface area contributed by atoms with E-state index in [1.54, 1.807) is 10.8 Å². The zero-order valence-electron chi connectivity index (χ0n) is 10.9. The monoisotopic (exact) mass is 336 g/mol. The minimum Gasteiger partial charge on any atom is -0.481 e. The Morgan fingerprint density at radius 1 is 1.38 bits per heavy atom. The second-order valence-corrected chi connectivity index (χ2v) is 6.61. The van der Waals surface area contributed by atoms with Crippen molar-refractivity contribution in [2.45, 2.75) is 25.0 Å². The minimum absolute atomic E-state index is 0.178. The van der Waals surface area contributed by atoms with E-state index in [4.69, 9.17) is 15.4 Å². The Balaban J connectivity index is 2.36. The van der Waals surface area contributed by atoms with Gasteiger partial charge in [-0.25, -0.2) is 22.2 Å². The van der Waals surface area contributed by atoms with E-state index in [9.17, 15) is 17.2 Å². The molecular weight excluding hydrogens is 326 g/mol. The number of nitrogens with zero attached hydrogens (tertiary/aromatic N) is 2. The molecule has 0 atom stereocenters. The van der Waals surface area contributed by atoms with Crippen LogP contribution in [-0.4, -0.2) is 18.0 Å². The lowest BCUT2D eigenvalue weighted by Crippen LogP contribution is -2.08. The average molecular weight is 337 g/mol. The van der Waals surface area contributed by atoms with Crippen LogP contribution in [0.1, 0.15) is 12.7 Å². The summed E-state index contributed by atoms with van der Waals surface area (Å²) in [5.41, 5.74) is 0. The third kappa shape index (κ3) is 3.51. The average Bonchev–Trinajstić information content (AvgIpc) is 2.83. The van der Waals surface area contributed by atoms with Crippen LogP contribution in [0.2, 0.25) is 0 Å². The largest absolute Gasteiger partial charge is 0.481 e. The zero-order chi connectivity index (χ0) is 15.6. The first-order valence-corrected chi connectivity index (χ1v) is 8.20. The van der Waals surface area contributed by atoms with Gasteiger partial charge in [-0.2, -0.15) is 0 Å². The molecule has 0 aliphatic heterocycles. The molecule has 0 aliphatic rings. The van der Waals surface area contributed by atoms with Gasteiger partial charge in [0.25, 0.3) is 9.05 Å². The predicted molar refractivity (Wildman–Crippen MR) is 71.6 cm³/mol. The van der Waals surface area contributed by atoms with Crippen LogP contribution in [0.5, 0.6) is 5.75 Å². The summed E-state index contributed by atoms with van der Waals surface area (Å²) in [6, 6.07) is 1.13. The van der Waals surface area contributed by atoms with Crippen molar-refractivity contribution in [2.75, 3.05) is 0 Å². The van der Waals surface area contributed by atoms with Crippen LogP contribution in [0.3, 0.4) is 0 Å². The molecule has 114 valence electrons. The SMILES string of the molecule is CCn1ccnc1COc1c(F)cc(F)cc1S(=O)(=O)Cl. The topological polar surface area (TPSA) is 61.2 Å². The van der Waals surface area contributed by atoms with E-state index in [0.717, 1.165) is 0 Å². The first kappa shape index (κ1) is 15.7. The number of aryl methyl sites for hydroxylation is 1. The fourth-order valence-corrected chi connectivity index (χ4v) is 2.74. The molecule has 9 heteroatoms. The van der Waals surface area contributed by atoms with E-state index >= 15 is 0 Å². The minimum atomic E-state index is -4.35. The molecule has 21 heavy (non-hydrogen) atoms. The maximum Gasteiger partial charge on any atom is 0.265 e. The third-order valence-corrected chi connectivity index (χ3v) is 4.05. The molecule has 0 bridgehead atoms. The number of imidazole rings is 1. The number of rotatable bonds is 5. The van der Waals surface area contributed by atoms with Gasteiger partial charge in [-0.1, -0.05) is 0 Å². The van der Waals surface area contributed by atoms with Crippen molar-refractivity contribution in [3.63, 3.8) is 0 Å². The molecule has 2 rings (SSSR count). The molecule has 1 aromatic carbocycles. The molecule has 0 unspecified atom stereocenters. The molecular formula is C12H11ClF2N2O3S. The lowest BCUT2D eigenvalue weighted by atomic mass is 10.3. The number of hydrogen-bond acceptors (Lipinski definition) is 4. The van der Waals surface area contributed by atoms with Gasteiger partial charge in [-0.15, -0.1) is 0 Å². The zero-order valence-corrected chi connectivity index (χ0v) is 12.5. The summed E-state index contributed by atoms with van der Waals surface area (Å²) in [5.74, 6) is -2.37. The molecule has 0 saturated heterocycles. The lowest BCUT2D eigenvalue weighted by molar-refractivity contribution is 0.267. The van der Waals surface area contributed by atoms with Crippen molar-refractivity contribution in [1.29, 1.82) is 0 Å². The van der Waals surface area contributed by atoms with Crippen LogP contribution >= 0.6 is 10.7 Å². The van der Waals surface area contributed by atoms with Gasteiger partial charge in [-0.05, 0) is 13.0 Å². The Morgan fingerprint density at radius 2 is 2.10 bits per heavy atom. The third-order valence-electron chi connectivity index (χ3n) is 2.72. The number of halogens is 3. The van der Waals surface area contributed by atoms with Gasteiger partial charge >= 0.3 is 0 Å². The van der Waals surface area contributed by atoms with E-state index in [0.29, 0.717) is 24.5 Å². The fourth-order valence-electron chi connectivity index (χ4n) is 1.76. The molecule has 0 amide bonds. The predicted octanol–water partition coefficient (Wildman–Crippen LogP) is 2.69. The Labute approximate surface area is 124 Å². The van der Waals surface area contributed by atoms with Gasteiger partial charge in [-0.3, -0.25) is 0 Å². The Bertz CT molecular complexity index is 762. The van der Waals surface area contributed by atoms with Crippen molar-refractivity contribution in [1.82, 2.24) is 9.55 Å². The molecule has 0 N–H and O–H groups in total. The summed E-state index contributed by atoms with van der Waals surface area (Å²) >= 11 is 0. The number of hydrogen-bond donors (Lipinski definition) is 0. The van der Waals surface area contributed by atoms with Crippen LogP contribution in [0.25, 0.3) is 0 Å². The van der Waals surface area contributed by atoms with Crippen LogP contribution in [0, 0.1) is 11.6 Å². The molecule has 1 heterocycles. The summed E-state index contributed by atoms with van der Waals surface area (Å²) in [6.07, 6.45) is 3.22. The summed E-state index contributed by atoms with van der Waals surface area (Å²) in [7, 11) is 0.820. The standard InChI is InChI=1S/C12H11ClF2N2O3S/c1-2-17-4-3-16-11(17)7-20-12-9(15)5-8(14)6-10(12)21(13,18)19/h3-6H,2,7H2,1H3. The number of aromatic nitrogens is 2.